The van der Waals surface area contributed by atoms with Crippen LogP contribution in [-0.4, -0.2) is 55.5 Å². The summed E-state index contributed by atoms with van der Waals surface area (Å²) in [7, 11) is 0. The Hall–Kier alpha value is -3.84. The standard InChI is InChI=1S/C30H34N4O3/c1-23-30(36)34(27-13-7-8-14-28(27)37-23)16-15-29(35)31-21-24-9-5-6-10-25(24)22-32-17-19-33(20-18-32)26-11-3-2-4-12-26/h2-14,23H,15-22H2,1H3,(H,31,35). The van der Waals surface area contributed by atoms with E-state index in [9.17, 15) is 9.59 Å². The molecule has 1 unspecified atom stereocenters. The van der Waals surface area contributed by atoms with E-state index in [0.717, 1.165) is 44.0 Å². The molecule has 0 radical (unpaired) electrons. The molecule has 2 heterocycles. The Balaban J connectivity index is 1.13. The van der Waals surface area contributed by atoms with Gasteiger partial charge in [-0.25, -0.2) is 0 Å². The highest BCUT2D eigenvalue weighted by atomic mass is 16.5. The third-order valence-corrected chi connectivity index (χ3v) is 7.12. The second-order valence-corrected chi connectivity index (χ2v) is 9.61. The molecule has 3 aromatic rings. The minimum atomic E-state index is -0.556. The molecule has 7 nitrogen and oxygen atoms in total. The van der Waals surface area contributed by atoms with Crippen molar-refractivity contribution in [1.29, 1.82) is 0 Å². The van der Waals surface area contributed by atoms with Gasteiger partial charge in [-0.3, -0.25) is 14.5 Å². The summed E-state index contributed by atoms with van der Waals surface area (Å²) in [6.07, 6.45) is -0.324. The van der Waals surface area contributed by atoms with Gasteiger partial charge >= 0.3 is 0 Å². The lowest BCUT2D eigenvalue weighted by Gasteiger charge is -2.36. The van der Waals surface area contributed by atoms with Gasteiger partial charge in [0.2, 0.25) is 5.91 Å². The predicted octanol–water partition coefficient (Wildman–Crippen LogP) is 3.83. The Labute approximate surface area is 218 Å². The number of nitrogens with one attached hydrogen (secondary N) is 1. The van der Waals surface area contributed by atoms with Crippen LogP contribution in [-0.2, 0) is 22.7 Å². The van der Waals surface area contributed by atoms with Gasteiger partial charge in [-0.15, -0.1) is 0 Å². The summed E-state index contributed by atoms with van der Waals surface area (Å²) in [5, 5.41) is 3.06. The lowest BCUT2D eigenvalue weighted by atomic mass is 10.1. The fourth-order valence-corrected chi connectivity index (χ4v) is 5.01. The van der Waals surface area contributed by atoms with E-state index in [4.69, 9.17) is 4.74 Å². The maximum atomic E-state index is 12.7. The zero-order valence-corrected chi connectivity index (χ0v) is 21.3. The topological polar surface area (TPSA) is 65.1 Å². The summed E-state index contributed by atoms with van der Waals surface area (Å²) in [5.41, 5.74) is 4.36. The quantitative estimate of drug-likeness (QED) is 0.512. The number of carbonyl (C=O) groups is 2. The molecule has 3 aromatic carbocycles. The van der Waals surface area contributed by atoms with Crippen molar-refractivity contribution in [1.82, 2.24) is 10.2 Å². The Kier molecular flexibility index (Phi) is 7.70. The van der Waals surface area contributed by atoms with Crippen molar-refractivity contribution in [2.75, 3.05) is 42.5 Å². The fraction of sp³-hybridized carbons (Fsp3) is 0.333. The number of para-hydroxylation sites is 3. The average molecular weight is 499 g/mol. The van der Waals surface area contributed by atoms with Crippen LogP contribution in [0.3, 0.4) is 0 Å². The van der Waals surface area contributed by atoms with Crippen LogP contribution < -0.4 is 19.9 Å². The molecule has 2 amide bonds. The maximum absolute atomic E-state index is 12.7. The molecule has 7 heteroatoms. The van der Waals surface area contributed by atoms with Crippen LogP contribution in [0.15, 0.2) is 78.9 Å². The number of nitrogens with zero attached hydrogens (tertiary/aromatic N) is 3. The Morgan fingerprint density at radius 3 is 2.35 bits per heavy atom. The van der Waals surface area contributed by atoms with Crippen LogP contribution in [0.4, 0.5) is 11.4 Å². The zero-order valence-electron chi connectivity index (χ0n) is 21.3. The maximum Gasteiger partial charge on any atom is 0.267 e. The lowest BCUT2D eigenvalue weighted by molar-refractivity contribution is -0.125. The molecular formula is C30H34N4O3. The lowest BCUT2D eigenvalue weighted by Crippen LogP contribution is -2.46. The second-order valence-electron chi connectivity index (χ2n) is 9.61. The Bertz CT molecular complexity index is 1220. The summed E-state index contributed by atoms with van der Waals surface area (Å²) in [6, 6.07) is 26.3. The number of anilines is 2. The summed E-state index contributed by atoms with van der Waals surface area (Å²) < 4.78 is 5.69. The second kappa shape index (κ2) is 11.5. The third kappa shape index (κ3) is 5.94. The van der Waals surface area contributed by atoms with E-state index in [2.05, 4.69) is 63.6 Å². The van der Waals surface area contributed by atoms with Crippen LogP contribution in [0.2, 0.25) is 0 Å². The van der Waals surface area contributed by atoms with Gasteiger partial charge in [-0.2, -0.15) is 0 Å². The van der Waals surface area contributed by atoms with Crippen molar-refractivity contribution < 1.29 is 14.3 Å². The number of hydrogen-bond donors (Lipinski definition) is 1. The van der Waals surface area contributed by atoms with Crippen LogP contribution in [0.25, 0.3) is 0 Å². The first-order chi connectivity index (χ1) is 18.1. The van der Waals surface area contributed by atoms with Gasteiger partial charge in [-0.05, 0) is 42.3 Å². The molecule has 0 bridgehead atoms. The van der Waals surface area contributed by atoms with Crippen molar-refractivity contribution >= 4 is 23.2 Å². The summed E-state index contributed by atoms with van der Waals surface area (Å²) in [4.78, 5) is 32.0. The van der Waals surface area contributed by atoms with Gasteiger partial charge in [0.1, 0.15) is 5.75 Å². The van der Waals surface area contributed by atoms with Crippen molar-refractivity contribution in [3.63, 3.8) is 0 Å². The number of benzene rings is 3. The number of carbonyl (C=O) groups excluding carboxylic acids is 2. The fourth-order valence-electron chi connectivity index (χ4n) is 5.01. The van der Waals surface area contributed by atoms with Gasteiger partial charge in [0.25, 0.3) is 5.91 Å². The number of rotatable bonds is 8. The smallest absolute Gasteiger partial charge is 0.267 e. The molecule has 0 spiro atoms. The SMILES string of the molecule is CC1Oc2ccccc2N(CCC(=O)NCc2ccccc2CN2CCN(c3ccccc3)CC2)C1=O. The van der Waals surface area contributed by atoms with Crippen LogP contribution >= 0.6 is 0 Å². The van der Waals surface area contributed by atoms with Gasteiger partial charge in [0.05, 0.1) is 5.69 Å². The van der Waals surface area contributed by atoms with Crippen LogP contribution in [0.1, 0.15) is 24.5 Å². The van der Waals surface area contributed by atoms with Crippen LogP contribution in [0, 0.1) is 0 Å². The summed E-state index contributed by atoms with van der Waals surface area (Å²) in [6.45, 7) is 7.42. The van der Waals surface area contributed by atoms with E-state index >= 15 is 0 Å². The molecule has 1 N–H and O–H groups in total. The summed E-state index contributed by atoms with van der Waals surface area (Å²) in [5.74, 6) is 0.480. The number of hydrogen-bond acceptors (Lipinski definition) is 5. The number of fused-ring (bicyclic) bond motifs is 1. The molecule has 1 saturated heterocycles. The molecule has 2 aliphatic rings. The van der Waals surface area contributed by atoms with Gasteiger partial charge < -0.3 is 19.9 Å². The number of piperazine rings is 1. The van der Waals surface area contributed by atoms with E-state index in [1.807, 2.05) is 30.3 Å². The first-order valence-electron chi connectivity index (χ1n) is 13.0. The third-order valence-electron chi connectivity index (χ3n) is 7.12. The highest BCUT2D eigenvalue weighted by molar-refractivity contribution is 6.00. The van der Waals surface area contributed by atoms with Crippen molar-refractivity contribution in [3.05, 3.63) is 90.0 Å². The van der Waals surface area contributed by atoms with E-state index < -0.39 is 6.10 Å². The monoisotopic (exact) mass is 498 g/mol. The van der Waals surface area contributed by atoms with Crippen LogP contribution in [0.5, 0.6) is 5.75 Å². The van der Waals surface area contributed by atoms with Crippen molar-refractivity contribution in [3.8, 4) is 5.75 Å². The Morgan fingerprint density at radius 1 is 0.892 bits per heavy atom. The minimum Gasteiger partial charge on any atom is -0.479 e. The molecule has 1 fully saturated rings. The first-order valence-corrected chi connectivity index (χ1v) is 13.0. The first kappa shape index (κ1) is 24.8. The van der Waals surface area contributed by atoms with Gasteiger partial charge in [-0.1, -0.05) is 54.6 Å². The molecule has 192 valence electrons. The highest BCUT2D eigenvalue weighted by Gasteiger charge is 2.31. The predicted molar refractivity (Wildman–Crippen MR) is 146 cm³/mol. The highest BCUT2D eigenvalue weighted by Crippen LogP contribution is 2.33. The van der Waals surface area contributed by atoms with Crippen molar-refractivity contribution in [2.24, 2.45) is 0 Å². The summed E-state index contributed by atoms with van der Waals surface area (Å²) >= 11 is 0. The molecule has 0 aromatic heterocycles. The number of ether oxygens (including phenoxy) is 1. The zero-order chi connectivity index (χ0) is 25.6. The van der Waals surface area contributed by atoms with Gasteiger partial charge in [0, 0.05) is 57.9 Å². The average Bonchev–Trinajstić information content (AvgIpc) is 2.94. The molecular weight excluding hydrogens is 464 g/mol. The van der Waals surface area contributed by atoms with Crippen molar-refractivity contribution in [2.45, 2.75) is 32.5 Å². The minimum absolute atomic E-state index is 0.0734. The molecule has 0 aliphatic carbocycles. The largest absolute Gasteiger partial charge is 0.479 e. The Morgan fingerprint density at radius 2 is 1.57 bits per heavy atom. The van der Waals surface area contributed by atoms with E-state index in [0.29, 0.717) is 18.8 Å². The van der Waals surface area contributed by atoms with E-state index in [-0.39, 0.29) is 18.2 Å². The number of amides is 2. The molecule has 0 saturated carbocycles. The molecule has 1 atom stereocenters. The molecule has 2 aliphatic heterocycles. The molecule has 5 rings (SSSR count). The van der Waals surface area contributed by atoms with E-state index in [1.54, 1.807) is 11.8 Å². The van der Waals surface area contributed by atoms with Gasteiger partial charge in [0.15, 0.2) is 6.10 Å². The normalized spacial score (nSPS) is 17.8. The molecule has 37 heavy (non-hydrogen) atoms. The van der Waals surface area contributed by atoms with E-state index in [1.165, 1.54) is 11.3 Å².